The van der Waals surface area contributed by atoms with E-state index in [0.717, 1.165) is 30.5 Å². The highest BCUT2D eigenvalue weighted by atomic mass is 19.1. The summed E-state index contributed by atoms with van der Waals surface area (Å²) in [6, 6.07) is 4.98. The molecule has 1 aromatic heterocycles. The maximum atomic E-state index is 14.2. The summed E-state index contributed by atoms with van der Waals surface area (Å²) < 4.78 is 21.6. The fraction of sp³-hybridized carbons (Fsp3) is 0.522. The smallest absolute Gasteiger partial charge is 0.246 e. The highest BCUT2D eigenvalue weighted by molar-refractivity contribution is 6.02. The second kappa shape index (κ2) is 10.1. The number of aromatic nitrogens is 3. The van der Waals surface area contributed by atoms with Crippen molar-refractivity contribution < 1.29 is 23.5 Å². The molecule has 2 aromatic rings. The lowest BCUT2D eigenvalue weighted by Gasteiger charge is -2.25. The van der Waals surface area contributed by atoms with E-state index >= 15 is 0 Å². The molecular weight excluding hydrogens is 429 g/mol. The molecule has 1 N–H and O–H groups in total. The number of hydrogen-bond acceptors (Lipinski definition) is 6. The van der Waals surface area contributed by atoms with Crippen LogP contribution in [-0.2, 0) is 27.3 Å². The number of carbonyl (C=O) groups excluding carboxylic acids is 3. The molecule has 176 valence electrons. The Balaban J connectivity index is 1.38. The molecule has 9 nitrogen and oxygen atoms in total. The molecule has 33 heavy (non-hydrogen) atoms. The van der Waals surface area contributed by atoms with Crippen LogP contribution >= 0.6 is 0 Å². The maximum Gasteiger partial charge on any atom is 0.246 e. The highest BCUT2D eigenvalue weighted by Gasteiger charge is 2.26. The van der Waals surface area contributed by atoms with E-state index in [0.29, 0.717) is 25.5 Å². The molecular formula is C23H28FN5O4. The van der Waals surface area contributed by atoms with Crippen molar-refractivity contribution in [3.05, 3.63) is 41.5 Å². The van der Waals surface area contributed by atoms with Gasteiger partial charge in [-0.15, -0.1) is 5.10 Å². The third-order valence-corrected chi connectivity index (χ3v) is 6.08. The fourth-order valence-electron chi connectivity index (χ4n) is 3.89. The van der Waals surface area contributed by atoms with E-state index in [1.165, 1.54) is 11.0 Å². The standard InChI is InChI=1S/C23H28FN5O4/c1-2-16(17-5-7-19(24)20(9-17)33-14-15-3-4-15)11-29-18(10-25-27-29)6-8-23(32)28-12-21(30)26-22(31)13-28/h5,7,9-10,15-16H,2-4,6,8,11-14H2,1H3,(H,26,30,31). The number of nitrogens with zero attached hydrogens (tertiary/aromatic N) is 4. The average molecular weight is 458 g/mol. The first kappa shape index (κ1) is 22.9. The van der Waals surface area contributed by atoms with Crippen molar-refractivity contribution in [2.45, 2.75) is 51.5 Å². The lowest BCUT2D eigenvalue weighted by Crippen LogP contribution is -2.53. The summed E-state index contributed by atoms with van der Waals surface area (Å²) in [5.74, 6) is -0.703. The number of hydrogen-bond donors (Lipinski definition) is 1. The molecule has 1 aliphatic heterocycles. The van der Waals surface area contributed by atoms with E-state index in [1.54, 1.807) is 23.0 Å². The van der Waals surface area contributed by atoms with Crippen molar-refractivity contribution in [1.82, 2.24) is 25.2 Å². The quantitative estimate of drug-likeness (QED) is 0.546. The topological polar surface area (TPSA) is 106 Å². The summed E-state index contributed by atoms with van der Waals surface area (Å²) in [5, 5.41) is 10.3. The van der Waals surface area contributed by atoms with Gasteiger partial charge in [-0.05, 0) is 49.3 Å². The Bertz CT molecular complexity index is 1020. The van der Waals surface area contributed by atoms with Crippen LogP contribution in [0.5, 0.6) is 5.75 Å². The largest absolute Gasteiger partial charge is 0.490 e. The van der Waals surface area contributed by atoms with Crippen molar-refractivity contribution in [1.29, 1.82) is 0 Å². The summed E-state index contributed by atoms with van der Waals surface area (Å²) in [7, 11) is 0. The molecule has 1 aliphatic carbocycles. The van der Waals surface area contributed by atoms with E-state index < -0.39 is 11.8 Å². The van der Waals surface area contributed by atoms with Gasteiger partial charge in [-0.3, -0.25) is 19.7 Å². The van der Waals surface area contributed by atoms with Crippen molar-refractivity contribution in [3.63, 3.8) is 0 Å². The Kier molecular flexibility index (Phi) is 7.00. The summed E-state index contributed by atoms with van der Waals surface area (Å²) >= 11 is 0. The number of benzene rings is 1. The zero-order chi connectivity index (χ0) is 23.4. The number of carbonyl (C=O) groups is 3. The van der Waals surface area contributed by atoms with E-state index in [2.05, 4.69) is 22.6 Å². The Morgan fingerprint density at radius 2 is 2.03 bits per heavy atom. The molecule has 1 saturated carbocycles. The summed E-state index contributed by atoms with van der Waals surface area (Å²) in [6.45, 7) is 2.89. The molecule has 0 bridgehead atoms. The Morgan fingerprint density at radius 3 is 2.73 bits per heavy atom. The number of nitrogens with one attached hydrogen (secondary N) is 1. The van der Waals surface area contributed by atoms with Gasteiger partial charge >= 0.3 is 0 Å². The van der Waals surface area contributed by atoms with Crippen LogP contribution in [0.1, 0.15) is 49.8 Å². The van der Waals surface area contributed by atoms with E-state index in [-0.39, 0.29) is 42.9 Å². The van der Waals surface area contributed by atoms with Gasteiger partial charge in [-0.25, -0.2) is 9.07 Å². The van der Waals surface area contributed by atoms with Gasteiger partial charge in [-0.2, -0.15) is 0 Å². The van der Waals surface area contributed by atoms with E-state index in [9.17, 15) is 18.8 Å². The van der Waals surface area contributed by atoms with Gasteiger partial charge in [0.05, 0.1) is 18.5 Å². The van der Waals surface area contributed by atoms with Crippen molar-refractivity contribution in [3.8, 4) is 5.75 Å². The third kappa shape index (κ3) is 5.94. The minimum absolute atomic E-state index is 0.0634. The van der Waals surface area contributed by atoms with Crippen LogP contribution in [0, 0.1) is 11.7 Å². The number of piperazine rings is 1. The van der Waals surface area contributed by atoms with Crippen LogP contribution < -0.4 is 10.1 Å². The highest BCUT2D eigenvalue weighted by Crippen LogP contribution is 2.32. The molecule has 1 unspecified atom stereocenters. The lowest BCUT2D eigenvalue weighted by atomic mass is 9.96. The third-order valence-electron chi connectivity index (χ3n) is 6.08. The fourth-order valence-corrected chi connectivity index (χ4v) is 3.89. The van der Waals surface area contributed by atoms with E-state index in [4.69, 9.17) is 4.74 Å². The number of ether oxygens (including phenoxy) is 1. The van der Waals surface area contributed by atoms with Gasteiger partial charge in [0.1, 0.15) is 13.1 Å². The summed E-state index contributed by atoms with van der Waals surface area (Å²) in [5.41, 5.74) is 1.74. The second-order valence-corrected chi connectivity index (χ2v) is 8.68. The predicted octanol–water partition coefficient (Wildman–Crippen LogP) is 1.82. The first-order valence-electron chi connectivity index (χ1n) is 11.3. The molecule has 10 heteroatoms. The van der Waals surface area contributed by atoms with Crippen LogP contribution in [0.4, 0.5) is 4.39 Å². The Labute approximate surface area is 191 Å². The van der Waals surface area contributed by atoms with Gasteiger partial charge in [0.25, 0.3) is 0 Å². The molecule has 0 radical (unpaired) electrons. The first-order chi connectivity index (χ1) is 15.9. The summed E-state index contributed by atoms with van der Waals surface area (Å²) in [4.78, 5) is 36.7. The van der Waals surface area contributed by atoms with Crippen molar-refractivity contribution >= 4 is 17.7 Å². The number of halogens is 1. The zero-order valence-electron chi connectivity index (χ0n) is 18.6. The van der Waals surface area contributed by atoms with Gasteiger partial charge in [-0.1, -0.05) is 18.2 Å². The predicted molar refractivity (Wildman–Crippen MR) is 116 cm³/mol. The minimum Gasteiger partial charge on any atom is -0.490 e. The summed E-state index contributed by atoms with van der Waals surface area (Å²) in [6.07, 6.45) is 5.21. The lowest BCUT2D eigenvalue weighted by molar-refractivity contribution is -0.145. The van der Waals surface area contributed by atoms with Gasteiger partial charge < -0.3 is 9.64 Å². The van der Waals surface area contributed by atoms with Crippen LogP contribution in [0.25, 0.3) is 0 Å². The van der Waals surface area contributed by atoms with Gasteiger partial charge in [0.2, 0.25) is 17.7 Å². The normalized spacial score (nSPS) is 17.1. The number of rotatable bonds is 10. The number of aryl methyl sites for hydroxylation is 1. The van der Waals surface area contributed by atoms with Crippen LogP contribution in [0.3, 0.4) is 0 Å². The van der Waals surface area contributed by atoms with Gasteiger partial charge in [0, 0.05) is 18.9 Å². The maximum absolute atomic E-state index is 14.2. The molecule has 4 rings (SSSR count). The zero-order valence-corrected chi connectivity index (χ0v) is 18.6. The second-order valence-electron chi connectivity index (χ2n) is 8.68. The molecule has 1 aromatic carbocycles. The van der Waals surface area contributed by atoms with Crippen LogP contribution in [0.2, 0.25) is 0 Å². The number of amides is 3. The van der Waals surface area contributed by atoms with Crippen molar-refractivity contribution in [2.75, 3.05) is 19.7 Å². The van der Waals surface area contributed by atoms with Crippen LogP contribution in [-0.4, -0.2) is 57.3 Å². The molecule has 2 aliphatic rings. The number of imide groups is 1. The molecule has 2 heterocycles. The molecule has 3 amide bonds. The average Bonchev–Trinajstić information content (AvgIpc) is 3.52. The van der Waals surface area contributed by atoms with E-state index in [1.807, 2.05) is 0 Å². The monoisotopic (exact) mass is 457 g/mol. The Hall–Kier alpha value is -3.30. The molecule has 1 saturated heterocycles. The van der Waals surface area contributed by atoms with Gasteiger partial charge in [0.15, 0.2) is 11.6 Å². The Morgan fingerprint density at radius 1 is 1.27 bits per heavy atom. The molecule has 2 fully saturated rings. The SMILES string of the molecule is CCC(Cn1nncc1CCC(=O)N1CC(=O)NC(=O)C1)c1ccc(F)c(OCC2CC2)c1. The van der Waals surface area contributed by atoms with Crippen LogP contribution in [0.15, 0.2) is 24.4 Å². The first-order valence-corrected chi connectivity index (χ1v) is 11.3. The van der Waals surface area contributed by atoms with Crippen molar-refractivity contribution in [2.24, 2.45) is 5.92 Å². The molecule has 0 spiro atoms. The minimum atomic E-state index is -0.475. The molecule has 1 atom stereocenters.